The third-order valence-electron chi connectivity index (χ3n) is 3.23. The Kier molecular flexibility index (Phi) is 7.39. The Bertz CT molecular complexity index is 503. The minimum atomic E-state index is -0.147. The zero-order valence-corrected chi connectivity index (χ0v) is 13.7. The van der Waals surface area contributed by atoms with Crippen LogP contribution in [0.5, 0.6) is 5.75 Å². The predicted octanol–water partition coefficient (Wildman–Crippen LogP) is 0.940. The third-order valence-corrected chi connectivity index (χ3v) is 3.23. The van der Waals surface area contributed by atoms with Gasteiger partial charge in [-0.25, -0.2) is 0 Å². The highest BCUT2D eigenvalue weighted by atomic mass is 16.5. The smallest absolute Gasteiger partial charge is 0.259 e. The molecule has 0 bridgehead atoms. The fourth-order valence-electron chi connectivity index (χ4n) is 1.97. The lowest BCUT2D eigenvalue weighted by atomic mass is 10.0. The van der Waals surface area contributed by atoms with E-state index in [0.717, 1.165) is 12.0 Å². The quantitative estimate of drug-likeness (QED) is 0.750. The van der Waals surface area contributed by atoms with Crippen LogP contribution in [0.2, 0.25) is 0 Å². The summed E-state index contributed by atoms with van der Waals surface area (Å²) in [5.41, 5.74) is 0.876. The van der Waals surface area contributed by atoms with Crippen molar-refractivity contribution in [2.45, 2.75) is 19.4 Å². The van der Waals surface area contributed by atoms with Crippen molar-refractivity contribution in [2.24, 2.45) is 0 Å². The summed E-state index contributed by atoms with van der Waals surface area (Å²) < 4.78 is 5.63. The Morgan fingerprint density at radius 1 is 1.27 bits per heavy atom. The molecule has 22 heavy (non-hydrogen) atoms. The average molecular weight is 307 g/mol. The van der Waals surface area contributed by atoms with Gasteiger partial charge < -0.3 is 20.3 Å². The zero-order chi connectivity index (χ0) is 16.5. The lowest BCUT2D eigenvalue weighted by Crippen LogP contribution is -2.35. The van der Waals surface area contributed by atoms with Gasteiger partial charge in [0.2, 0.25) is 5.91 Å². The van der Waals surface area contributed by atoms with Crippen molar-refractivity contribution in [2.75, 3.05) is 34.3 Å². The summed E-state index contributed by atoms with van der Waals surface area (Å²) >= 11 is 0. The number of nitrogens with one attached hydrogen (secondary N) is 2. The van der Waals surface area contributed by atoms with E-state index in [2.05, 4.69) is 10.6 Å². The van der Waals surface area contributed by atoms with Gasteiger partial charge in [0.1, 0.15) is 5.75 Å². The summed E-state index contributed by atoms with van der Waals surface area (Å²) in [6.45, 7) is 2.23. The first-order chi connectivity index (χ1) is 10.5. The number of nitrogens with zero attached hydrogens (tertiary/aromatic N) is 1. The average Bonchev–Trinajstić information content (AvgIpc) is 2.50. The molecule has 2 N–H and O–H groups in total. The largest absolute Gasteiger partial charge is 0.483 e. The Morgan fingerprint density at radius 2 is 1.95 bits per heavy atom. The van der Waals surface area contributed by atoms with Crippen molar-refractivity contribution in [1.82, 2.24) is 15.5 Å². The van der Waals surface area contributed by atoms with Gasteiger partial charge in [0, 0.05) is 19.7 Å². The minimum Gasteiger partial charge on any atom is -0.483 e. The normalized spacial score (nSPS) is 11.6. The van der Waals surface area contributed by atoms with E-state index in [4.69, 9.17) is 4.74 Å². The molecule has 1 unspecified atom stereocenters. The van der Waals surface area contributed by atoms with Gasteiger partial charge in [-0.15, -0.1) is 0 Å². The highest BCUT2D eigenvalue weighted by molar-refractivity contribution is 5.78. The van der Waals surface area contributed by atoms with E-state index in [1.165, 1.54) is 4.90 Å². The summed E-state index contributed by atoms with van der Waals surface area (Å²) in [6, 6.07) is 7.31. The molecule has 122 valence electrons. The van der Waals surface area contributed by atoms with Crippen LogP contribution in [-0.4, -0.2) is 51.0 Å². The Balaban J connectivity index is 2.83. The molecule has 1 aromatic rings. The van der Waals surface area contributed by atoms with Crippen LogP contribution in [0.15, 0.2) is 24.3 Å². The maximum atomic E-state index is 11.8. The van der Waals surface area contributed by atoms with E-state index < -0.39 is 0 Å². The molecule has 6 heteroatoms. The number of amides is 2. The Labute approximate surface area is 131 Å². The van der Waals surface area contributed by atoms with E-state index in [1.807, 2.05) is 31.2 Å². The third kappa shape index (κ3) is 5.37. The number of carbonyl (C=O) groups excluding carboxylic acids is 2. The number of para-hydroxylation sites is 1. The second kappa shape index (κ2) is 9.04. The van der Waals surface area contributed by atoms with Crippen LogP contribution in [0.3, 0.4) is 0 Å². The number of hydrogen-bond acceptors (Lipinski definition) is 4. The molecule has 6 nitrogen and oxygen atoms in total. The minimum absolute atomic E-state index is 0.0229. The van der Waals surface area contributed by atoms with Crippen LogP contribution in [0.4, 0.5) is 0 Å². The molecule has 0 aliphatic carbocycles. The van der Waals surface area contributed by atoms with Gasteiger partial charge in [-0.3, -0.25) is 9.59 Å². The molecule has 0 saturated heterocycles. The summed E-state index contributed by atoms with van der Waals surface area (Å²) in [5, 5.41) is 5.78. The molecule has 0 spiro atoms. The van der Waals surface area contributed by atoms with Gasteiger partial charge in [-0.2, -0.15) is 0 Å². The van der Waals surface area contributed by atoms with E-state index in [9.17, 15) is 9.59 Å². The number of ether oxygens (including phenoxy) is 1. The molecule has 2 amide bonds. The first-order valence-corrected chi connectivity index (χ1v) is 7.35. The van der Waals surface area contributed by atoms with Crippen LogP contribution in [0.1, 0.15) is 24.9 Å². The number of hydrogen-bond donors (Lipinski definition) is 2. The van der Waals surface area contributed by atoms with Crippen molar-refractivity contribution in [3.05, 3.63) is 29.8 Å². The van der Waals surface area contributed by atoms with Gasteiger partial charge in [0.15, 0.2) is 6.61 Å². The zero-order valence-electron chi connectivity index (χ0n) is 13.7. The van der Waals surface area contributed by atoms with Gasteiger partial charge in [0.05, 0.1) is 12.6 Å². The van der Waals surface area contributed by atoms with Crippen LogP contribution in [0.25, 0.3) is 0 Å². The number of likely N-dealkylation sites (N-methyl/N-ethyl adjacent to an activating group) is 2. The monoisotopic (exact) mass is 307 g/mol. The van der Waals surface area contributed by atoms with Gasteiger partial charge in [0.25, 0.3) is 5.91 Å². The molecule has 1 atom stereocenters. The molecule has 0 fully saturated rings. The van der Waals surface area contributed by atoms with Crippen LogP contribution < -0.4 is 15.4 Å². The lowest BCUT2D eigenvalue weighted by Gasteiger charge is -2.21. The van der Waals surface area contributed by atoms with E-state index in [0.29, 0.717) is 5.75 Å². The maximum Gasteiger partial charge on any atom is 0.259 e. The van der Waals surface area contributed by atoms with Crippen LogP contribution >= 0.6 is 0 Å². The fraction of sp³-hybridized carbons (Fsp3) is 0.500. The summed E-state index contributed by atoms with van der Waals surface area (Å²) in [6.07, 6.45) is 0.734. The predicted molar refractivity (Wildman–Crippen MR) is 85.7 cm³/mol. The lowest BCUT2D eigenvalue weighted by molar-refractivity contribution is -0.130. The van der Waals surface area contributed by atoms with Crippen molar-refractivity contribution >= 4 is 11.8 Å². The molecule has 0 aliphatic heterocycles. The molecule has 0 aromatic heterocycles. The summed E-state index contributed by atoms with van der Waals surface area (Å²) in [7, 11) is 5.10. The molecule has 1 aromatic carbocycles. The van der Waals surface area contributed by atoms with Crippen molar-refractivity contribution in [3.63, 3.8) is 0 Å². The fourth-order valence-corrected chi connectivity index (χ4v) is 1.97. The SMILES string of the molecule is CCC(NC(=O)CNC)c1ccccc1OCC(=O)N(C)C. The highest BCUT2D eigenvalue weighted by Crippen LogP contribution is 2.27. The standard InChI is InChI=1S/C16H25N3O3/c1-5-13(18-15(20)10-17-2)12-8-6-7-9-14(12)22-11-16(21)19(3)4/h6-9,13,17H,5,10-11H2,1-4H3,(H,18,20). The molecular weight excluding hydrogens is 282 g/mol. The molecule has 0 radical (unpaired) electrons. The van der Waals surface area contributed by atoms with E-state index >= 15 is 0 Å². The molecule has 0 saturated carbocycles. The number of benzene rings is 1. The van der Waals surface area contributed by atoms with Gasteiger partial charge in [-0.1, -0.05) is 25.1 Å². The van der Waals surface area contributed by atoms with Gasteiger partial charge in [-0.05, 0) is 19.5 Å². The molecular formula is C16H25N3O3. The van der Waals surface area contributed by atoms with E-state index in [-0.39, 0.29) is 31.0 Å². The second-order valence-electron chi connectivity index (χ2n) is 5.17. The van der Waals surface area contributed by atoms with Crippen LogP contribution in [-0.2, 0) is 9.59 Å². The molecule has 0 heterocycles. The highest BCUT2D eigenvalue weighted by Gasteiger charge is 2.17. The first kappa shape index (κ1) is 18.0. The Morgan fingerprint density at radius 3 is 2.55 bits per heavy atom. The summed E-state index contributed by atoms with van der Waals surface area (Å²) in [4.78, 5) is 24.9. The van der Waals surface area contributed by atoms with E-state index in [1.54, 1.807) is 21.1 Å². The molecule has 1 rings (SSSR count). The van der Waals surface area contributed by atoms with Crippen molar-refractivity contribution < 1.29 is 14.3 Å². The molecule has 0 aliphatic rings. The number of rotatable bonds is 8. The first-order valence-electron chi connectivity index (χ1n) is 7.35. The number of carbonyl (C=O) groups is 2. The Hall–Kier alpha value is -2.08. The van der Waals surface area contributed by atoms with Crippen molar-refractivity contribution in [3.8, 4) is 5.75 Å². The second-order valence-corrected chi connectivity index (χ2v) is 5.17. The van der Waals surface area contributed by atoms with Crippen LogP contribution in [0, 0.1) is 0 Å². The van der Waals surface area contributed by atoms with Crippen molar-refractivity contribution in [1.29, 1.82) is 0 Å². The van der Waals surface area contributed by atoms with Gasteiger partial charge >= 0.3 is 0 Å². The topological polar surface area (TPSA) is 70.7 Å². The maximum absolute atomic E-state index is 11.8. The summed E-state index contributed by atoms with van der Waals surface area (Å²) in [5.74, 6) is 0.435.